The number of carbonyl (C=O) groups excluding carboxylic acids is 1. The monoisotopic (exact) mass is 554 g/mol. The van der Waals surface area contributed by atoms with E-state index in [2.05, 4.69) is 10.3 Å². The zero-order valence-electron chi connectivity index (χ0n) is 20.1. The normalized spacial score (nSPS) is 16.4. The van der Waals surface area contributed by atoms with E-state index in [-0.39, 0.29) is 36.9 Å². The van der Waals surface area contributed by atoms with Crippen LogP contribution in [0.5, 0.6) is 0 Å². The molecule has 0 spiro atoms. The molecule has 0 saturated carbocycles. The molecule has 4 aromatic rings. The van der Waals surface area contributed by atoms with E-state index in [9.17, 15) is 17.6 Å². The van der Waals surface area contributed by atoms with Crippen LogP contribution in [-0.4, -0.2) is 42.9 Å². The number of carbonyl (C=O) groups is 1. The summed E-state index contributed by atoms with van der Waals surface area (Å²) in [5.41, 5.74) is 8.32. The van der Waals surface area contributed by atoms with Crippen molar-refractivity contribution in [2.45, 2.75) is 24.0 Å². The van der Waals surface area contributed by atoms with Crippen molar-refractivity contribution in [1.82, 2.24) is 14.6 Å². The van der Waals surface area contributed by atoms with Crippen LogP contribution in [0.2, 0.25) is 5.02 Å². The fourth-order valence-electron chi connectivity index (χ4n) is 4.21. The lowest BCUT2D eigenvalue weighted by Crippen LogP contribution is -2.29. The average molecular weight is 555 g/mol. The summed E-state index contributed by atoms with van der Waals surface area (Å²) in [6.45, 7) is 0.222. The van der Waals surface area contributed by atoms with E-state index in [4.69, 9.17) is 21.8 Å². The van der Waals surface area contributed by atoms with Gasteiger partial charge in [0.2, 0.25) is 15.9 Å². The van der Waals surface area contributed by atoms with Gasteiger partial charge >= 0.3 is 0 Å². The second kappa shape index (κ2) is 10.6. The van der Waals surface area contributed by atoms with E-state index in [1.807, 2.05) is 6.07 Å². The number of benzene rings is 2. The topological polar surface area (TPSA) is 119 Å². The van der Waals surface area contributed by atoms with E-state index in [1.54, 1.807) is 48.7 Å². The molecule has 1 aliphatic heterocycles. The Labute approximate surface area is 224 Å². The minimum absolute atomic E-state index is 0.115. The average Bonchev–Trinajstić information content (AvgIpc) is 3.54. The number of pyridine rings is 1. The maximum atomic E-state index is 13.5. The number of fused-ring (bicyclic) bond motifs is 1. The molecule has 0 aliphatic carbocycles. The molecular weight excluding hydrogens is 531 g/mol. The quantitative estimate of drug-likeness (QED) is 0.317. The second-order valence-electron chi connectivity index (χ2n) is 8.93. The maximum Gasteiger partial charge on any atom is 0.244 e. The molecule has 11 heteroatoms. The first-order valence-electron chi connectivity index (χ1n) is 11.8. The molecule has 0 radical (unpaired) electrons. The van der Waals surface area contributed by atoms with Gasteiger partial charge in [0.05, 0.1) is 16.5 Å². The van der Waals surface area contributed by atoms with Gasteiger partial charge in [0.15, 0.2) is 5.58 Å². The molecule has 38 heavy (non-hydrogen) atoms. The lowest BCUT2D eigenvalue weighted by molar-refractivity contribution is -0.116. The van der Waals surface area contributed by atoms with Crippen molar-refractivity contribution < 1.29 is 22.0 Å². The molecule has 1 saturated heterocycles. The Bertz CT molecular complexity index is 1620. The summed E-state index contributed by atoms with van der Waals surface area (Å²) in [7, 11) is -3.74. The molecule has 196 valence electrons. The van der Waals surface area contributed by atoms with Crippen molar-refractivity contribution in [2.24, 2.45) is 0 Å². The maximum absolute atomic E-state index is 13.5. The molecule has 8 nitrogen and oxygen atoms in total. The zero-order chi connectivity index (χ0) is 26.9. The molecule has 1 amide bonds. The number of halogens is 2. The van der Waals surface area contributed by atoms with Crippen molar-refractivity contribution in [3.05, 3.63) is 83.2 Å². The van der Waals surface area contributed by atoms with Crippen molar-refractivity contribution in [3.8, 4) is 11.1 Å². The molecular formula is C27H24ClFN4O4S. The summed E-state index contributed by atoms with van der Waals surface area (Å²) < 4.78 is 46.1. The molecule has 2 aromatic carbocycles. The molecule has 1 aliphatic rings. The summed E-state index contributed by atoms with van der Waals surface area (Å²) in [6, 6.07) is 15.2. The van der Waals surface area contributed by atoms with Crippen LogP contribution in [0.3, 0.4) is 0 Å². The van der Waals surface area contributed by atoms with Crippen LogP contribution < -0.4 is 11.1 Å². The fourth-order valence-corrected chi connectivity index (χ4v) is 5.96. The Hall–Kier alpha value is -3.73. The summed E-state index contributed by atoms with van der Waals surface area (Å²) in [5, 5.41) is 3.88. The van der Waals surface area contributed by atoms with E-state index in [0.717, 1.165) is 22.1 Å². The van der Waals surface area contributed by atoms with Gasteiger partial charge in [-0.05, 0) is 71.7 Å². The SMILES string of the molecule is Nc1ccc(/C=C/C(=O)NCc2cc3cc(-c4ccc(S(=O)(=O)N5CC[C@H](F)C5)cc4)cc(Cl)c3o2)cn1. The minimum atomic E-state index is -3.74. The van der Waals surface area contributed by atoms with Crippen LogP contribution in [0, 0.1) is 0 Å². The van der Waals surface area contributed by atoms with Crippen LogP contribution in [0.4, 0.5) is 10.2 Å². The molecule has 0 unspecified atom stereocenters. The Morgan fingerprint density at radius 1 is 1.18 bits per heavy atom. The van der Waals surface area contributed by atoms with Crippen LogP contribution in [0.1, 0.15) is 17.7 Å². The number of aromatic nitrogens is 1. The summed E-state index contributed by atoms with van der Waals surface area (Å²) in [6.07, 6.45) is 3.67. The number of nitrogens with two attached hydrogens (primary N) is 1. The first-order valence-corrected chi connectivity index (χ1v) is 13.6. The number of sulfonamides is 1. The lowest BCUT2D eigenvalue weighted by atomic mass is 10.0. The number of nitrogens with zero attached hydrogens (tertiary/aromatic N) is 2. The molecule has 3 heterocycles. The van der Waals surface area contributed by atoms with Crippen molar-refractivity contribution in [3.63, 3.8) is 0 Å². The number of anilines is 1. The number of amides is 1. The van der Waals surface area contributed by atoms with Crippen LogP contribution in [-0.2, 0) is 21.4 Å². The Morgan fingerprint density at radius 3 is 2.66 bits per heavy atom. The Balaban J connectivity index is 1.28. The van der Waals surface area contributed by atoms with Crippen LogP contribution >= 0.6 is 11.6 Å². The number of nitrogen functional groups attached to an aromatic ring is 1. The standard InChI is InChI=1S/C27H24ClFN4O4S/c28-24-13-19(18-3-5-23(6-4-18)38(35,36)33-10-9-21(29)16-33)11-20-12-22(37-27(20)24)15-32-26(34)8-2-17-1-7-25(30)31-14-17/h1-8,11-14,21H,9-10,15-16H2,(H2,30,31)(H,32,34)/b8-2+/t21-/m0/s1. The summed E-state index contributed by atoms with van der Waals surface area (Å²) in [5.74, 6) is 0.617. The van der Waals surface area contributed by atoms with Gasteiger partial charge in [0, 0.05) is 30.7 Å². The van der Waals surface area contributed by atoms with E-state index in [1.165, 1.54) is 22.5 Å². The van der Waals surface area contributed by atoms with E-state index < -0.39 is 16.2 Å². The first-order chi connectivity index (χ1) is 18.2. The number of alkyl halides is 1. The number of hydrogen-bond acceptors (Lipinski definition) is 6. The highest BCUT2D eigenvalue weighted by Crippen LogP contribution is 2.34. The fraction of sp³-hybridized carbons (Fsp3) is 0.185. The van der Waals surface area contributed by atoms with Gasteiger partial charge in [0.1, 0.15) is 17.7 Å². The second-order valence-corrected chi connectivity index (χ2v) is 11.3. The Morgan fingerprint density at radius 2 is 1.97 bits per heavy atom. The molecule has 0 bridgehead atoms. The van der Waals surface area contributed by atoms with Gasteiger partial charge in [-0.3, -0.25) is 4.79 Å². The highest BCUT2D eigenvalue weighted by atomic mass is 35.5. The Kier molecular flexibility index (Phi) is 7.20. The number of hydrogen-bond donors (Lipinski definition) is 2. The third-order valence-corrected chi connectivity index (χ3v) is 8.37. The van der Waals surface area contributed by atoms with Gasteiger partial charge in [-0.25, -0.2) is 17.8 Å². The largest absolute Gasteiger partial charge is 0.458 e. The van der Waals surface area contributed by atoms with Gasteiger partial charge in [0.25, 0.3) is 0 Å². The lowest BCUT2D eigenvalue weighted by Gasteiger charge is -2.15. The minimum Gasteiger partial charge on any atom is -0.458 e. The predicted molar refractivity (Wildman–Crippen MR) is 144 cm³/mol. The molecule has 5 rings (SSSR count). The van der Waals surface area contributed by atoms with Gasteiger partial charge in [-0.2, -0.15) is 4.31 Å². The number of nitrogens with one attached hydrogen (secondary N) is 1. The molecule has 3 N–H and O–H groups in total. The first kappa shape index (κ1) is 25.9. The number of furan rings is 1. The molecule has 1 fully saturated rings. The van der Waals surface area contributed by atoms with Crippen molar-refractivity contribution in [1.29, 1.82) is 0 Å². The third-order valence-electron chi connectivity index (χ3n) is 6.21. The van der Waals surface area contributed by atoms with Crippen molar-refractivity contribution >= 4 is 50.4 Å². The van der Waals surface area contributed by atoms with Gasteiger partial charge < -0.3 is 15.5 Å². The van der Waals surface area contributed by atoms with Crippen LogP contribution in [0.15, 0.2) is 76.2 Å². The highest BCUT2D eigenvalue weighted by Gasteiger charge is 2.32. The zero-order valence-corrected chi connectivity index (χ0v) is 21.7. The molecule has 1 atom stereocenters. The van der Waals surface area contributed by atoms with Gasteiger partial charge in [-0.1, -0.05) is 23.7 Å². The summed E-state index contributed by atoms with van der Waals surface area (Å²) in [4.78, 5) is 16.3. The van der Waals surface area contributed by atoms with E-state index >= 15 is 0 Å². The van der Waals surface area contributed by atoms with Gasteiger partial charge in [-0.15, -0.1) is 0 Å². The number of rotatable bonds is 7. The van der Waals surface area contributed by atoms with Crippen LogP contribution in [0.25, 0.3) is 28.2 Å². The van der Waals surface area contributed by atoms with E-state index in [0.29, 0.717) is 22.2 Å². The predicted octanol–water partition coefficient (Wildman–Crippen LogP) is 4.79. The van der Waals surface area contributed by atoms with Crippen molar-refractivity contribution in [2.75, 3.05) is 18.8 Å². The smallest absolute Gasteiger partial charge is 0.244 e. The summed E-state index contributed by atoms with van der Waals surface area (Å²) >= 11 is 6.48. The third kappa shape index (κ3) is 5.57. The highest BCUT2D eigenvalue weighted by molar-refractivity contribution is 7.89. The molecule has 2 aromatic heterocycles.